The molecule has 8 heteroatoms. The molecule has 2 aliphatic rings. The number of rotatable bonds is 4. The Morgan fingerprint density at radius 3 is 2.93 bits per heavy atom. The zero-order valence-electron chi connectivity index (χ0n) is 15.4. The first-order chi connectivity index (χ1) is 13.3. The van der Waals surface area contributed by atoms with Crippen LogP contribution in [0.5, 0.6) is 0 Å². The fourth-order valence-electron chi connectivity index (χ4n) is 3.19. The number of aromatic nitrogens is 2. The quantitative estimate of drug-likeness (QED) is 0.753. The maximum Gasteiger partial charge on any atom is 0.163 e. The lowest BCUT2D eigenvalue weighted by Gasteiger charge is -2.21. The molecular formula is C19H24N8. The second-order valence-electron chi connectivity index (χ2n) is 6.72. The number of hydrogen-bond donors (Lipinski definition) is 3. The zero-order valence-corrected chi connectivity index (χ0v) is 15.4. The van der Waals surface area contributed by atoms with Gasteiger partial charge < -0.3 is 9.80 Å². The third-order valence-corrected chi connectivity index (χ3v) is 4.70. The van der Waals surface area contributed by atoms with E-state index in [-0.39, 0.29) is 0 Å². The molecule has 0 spiro atoms. The predicted octanol–water partition coefficient (Wildman–Crippen LogP) is 1.22. The van der Waals surface area contributed by atoms with Crippen LogP contribution in [-0.2, 0) is 0 Å². The molecule has 0 atom stereocenters. The first-order valence-corrected chi connectivity index (χ1v) is 9.16. The molecule has 3 N–H and O–H groups in total. The lowest BCUT2D eigenvalue weighted by Crippen LogP contribution is -2.34. The third kappa shape index (κ3) is 4.42. The largest absolute Gasteiger partial charge is 0.354 e. The molecule has 1 aromatic carbocycles. The SMILES string of the molecule is CN1CCCN(c2cncc(-c3cccc(/C=C/C4=NNNN4)c3)n2)CC1. The lowest BCUT2D eigenvalue weighted by atomic mass is 10.1. The zero-order chi connectivity index (χ0) is 18.5. The predicted molar refractivity (Wildman–Crippen MR) is 108 cm³/mol. The van der Waals surface area contributed by atoms with Gasteiger partial charge >= 0.3 is 0 Å². The number of nitrogens with one attached hydrogen (secondary N) is 3. The molecule has 2 aromatic rings. The number of hydrazine groups is 2. The van der Waals surface area contributed by atoms with E-state index in [4.69, 9.17) is 4.98 Å². The summed E-state index contributed by atoms with van der Waals surface area (Å²) >= 11 is 0. The minimum atomic E-state index is 0.730. The fraction of sp³-hybridized carbons (Fsp3) is 0.316. The molecule has 1 aromatic heterocycles. The normalized spacial score (nSPS) is 18.1. The van der Waals surface area contributed by atoms with Gasteiger partial charge in [-0.2, -0.15) is 0 Å². The molecule has 2 aliphatic heterocycles. The average molecular weight is 364 g/mol. The van der Waals surface area contributed by atoms with E-state index in [2.05, 4.69) is 61.6 Å². The van der Waals surface area contributed by atoms with Crippen molar-refractivity contribution in [3.8, 4) is 11.3 Å². The maximum absolute atomic E-state index is 4.88. The van der Waals surface area contributed by atoms with E-state index in [1.165, 1.54) is 0 Å². The summed E-state index contributed by atoms with van der Waals surface area (Å²) in [4.78, 5) is 14.0. The van der Waals surface area contributed by atoms with Crippen LogP contribution in [0.1, 0.15) is 12.0 Å². The van der Waals surface area contributed by atoms with Crippen molar-refractivity contribution in [2.24, 2.45) is 5.10 Å². The molecule has 0 bridgehead atoms. The second kappa shape index (κ2) is 8.15. The Labute approximate surface area is 158 Å². The lowest BCUT2D eigenvalue weighted by molar-refractivity contribution is 0.360. The highest BCUT2D eigenvalue weighted by Crippen LogP contribution is 2.22. The number of benzene rings is 1. The van der Waals surface area contributed by atoms with Crippen molar-refractivity contribution in [3.63, 3.8) is 0 Å². The highest BCUT2D eigenvalue weighted by atomic mass is 15.8. The fourth-order valence-corrected chi connectivity index (χ4v) is 3.19. The molecule has 140 valence electrons. The van der Waals surface area contributed by atoms with E-state index in [0.717, 1.165) is 61.1 Å². The van der Waals surface area contributed by atoms with E-state index < -0.39 is 0 Å². The smallest absolute Gasteiger partial charge is 0.163 e. The minimum absolute atomic E-state index is 0.730. The molecule has 0 amide bonds. The molecule has 0 aliphatic carbocycles. The molecule has 27 heavy (non-hydrogen) atoms. The van der Waals surface area contributed by atoms with Crippen molar-refractivity contribution in [2.75, 3.05) is 38.1 Å². The molecule has 3 heterocycles. The Morgan fingerprint density at radius 2 is 2.04 bits per heavy atom. The van der Waals surface area contributed by atoms with Crippen molar-refractivity contribution in [1.29, 1.82) is 0 Å². The summed E-state index contributed by atoms with van der Waals surface area (Å²) in [6.07, 6.45) is 8.74. The Morgan fingerprint density at radius 1 is 1.07 bits per heavy atom. The number of hydrogen-bond acceptors (Lipinski definition) is 8. The van der Waals surface area contributed by atoms with Gasteiger partial charge in [-0.05, 0) is 37.7 Å². The van der Waals surface area contributed by atoms with Gasteiger partial charge in [0.15, 0.2) is 5.84 Å². The first-order valence-electron chi connectivity index (χ1n) is 9.16. The van der Waals surface area contributed by atoms with Crippen molar-refractivity contribution < 1.29 is 0 Å². The molecule has 0 saturated carbocycles. The summed E-state index contributed by atoms with van der Waals surface area (Å²) in [5.74, 6) is 1.68. The molecule has 0 unspecified atom stereocenters. The van der Waals surface area contributed by atoms with Gasteiger partial charge in [0.25, 0.3) is 0 Å². The Hall–Kier alpha value is -2.97. The molecule has 1 saturated heterocycles. The first kappa shape index (κ1) is 17.4. The van der Waals surface area contributed by atoms with Crippen molar-refractivity contribution in [3.05, 3.63) is 48.3 Å². The Bertz CT molecular complexity index is 847. The highest BCUT2D eigenvalue weighted by Gasteiger charge is 2.14. The highest BCUT2D eigenvalue weighted by molar-refractivity contribution is 5.96. The van der Waals surface area contributed by atoms with Crippen LogP contribution < -0.4 is 21.4 Å². The Balaban J connectivity index is 1.54. The van der Waals surface area contributed by atoms with E-state index >= 15 is 0 Å². The average Bonchev–Trinajstić information content (AvgIpc) is 3.14. The van der Waals surface area contributed by atoms with Crippen LogP contribution in [0.3, 0.4) is 0 Å². The van der Waals surface area contributed by atoms with E-state index in [9.17, 15) is 0 Å². The van der Waals surface area contributed by atoms with Crippen LogP contribution in [0.25, 0.3) is 17.3 Å². The summed E-state index contributed by atoms with van der Waals surface area (Å²) in [6, 6.07) is 8.26. The monoisotopic (exact) mass is 364 g/mol. The number of hydrazone groups is 1. The van der Waals surface area contributed by atoms with E-state index in [1.807, 2.05) is 30.6 Å². The van der Waals surface area contributed by atoms with Gasteiger partial charge in [0.05, 0.1) is 18.1 Å². The molecule has 8 nitrogen and oxygen atoms in total. The number of nitrogens with zero attached hydrogens (tertiary/aromatic N) is 5. The molecule has 1 fully saturated rings. The van der Waals surface area contributed by atoms with Crippen LogP contribution in [0.2, 0.25) is 0 Å². The van der Waals surface area contributed by atoms with E-state index in [0.29, 0.717) is 0 Å². The summed E-state index contributed by atoms with van der Waals surface area (Å²) < 4.78 is 0. The summed E-state index contributed by atoms with van der Waals surface area (Å²) in [5, 5.41) is 4.03. The van der Waals surface area contributed by atoms with Gasteiger partial charge in [0.2, 0.25) is 0 Å². The van der Waals surface area contributed by atoms with Gasteiger partial charge in [-0.3, -0.25) is 10.4 Å². The van der Waals surface area contributed by atoms with E-state index in [1.54, 1.807) is 0 Å². The third-order valence-electron chi connectivity index (χ3n) is 4.70. The number of anilines is 1. The van der Waals surface area contributed by atoms with Crippen LogP contribution >= 0.6 is 0 Å². The van der Waals surface area contributed by atoms with Gasteiger partial charge in [0, 0.05) is 25.2 Å². The van der Waals surface area contributed by atoms with Crippen LogP contribution in [0.4, 0.5) is 5.82 Å². The van der Waals surface area contributed by atoms with Crippen LogP contribution in [0, 0.1) is 0 Å². The van der Waals surface area contributed by atoms with Gasteiger partial charge in [-0.1, -0.05) is 24.3 Å². The van der Waals surface area contributed by atoms with Crippen molar-refractivity contribution in [1.82, 2.24) is 31.4 Å². The van der Waals surface area contributed by atoms with Crippen molar-refractivity contribution >= 4 is 17.7 Å². The van der Waals surface area contributed by atoms with Gasteiger partial charge in [-0.25, -0.2) is 10.5 Å². The Kier molecular flexibility index (Phi) is 5.27. The number of amidine groups is 1. The van der Waals surface area contributed by atoms with Crippen molar-refractivity contribution in [2.45, 2.75) is 6.42 Å². The molecule has 0 radical (unpaired) electrons. The second-order valence-corrected chi connectivity index (χ2v) is 6.72. The summed E-state index contributed by atoms with van der Waals surface area (Å²) in [6.45, 7) is 4.17. The van der Waals surface area contributed by atoms with Gasteiger partial charge in [-0.15, -0.1) is 10.6 Å². The topological polar surface area (TPSA) is 80.7 Å². The molecular weight excluding hydrogens is 340 g/mol. The van der Waals surface area contributed by atoms with Crippen LogP contribution in [0.15, 0.2) is 47.8 Å². The standard InChI is InChI=1S/C19H24N8/c1-26-8-3-9-27(11-10-26)19-14-20-13-17(21-19)16-5-2-4-15(12-16)6-7-18-22-24-25-23-18/h2,4-7,12-14,24-25H,3,8-11H2,1H3,(H,22,23)/b7-6+. The number of likely N-dealkylation sites (N-methyl/N-ethyl adjacent to an activating group) is 1. The molecule has 4 rings (SSSR count). The van der Waals surface area contributed by atoms with Gasteiger partial charge in [0.1, 0.15) is 5.82 Å². The summed E-state index contributed by atoms with van der Waals surface area (Å²) in [5.41, 5.74) is 11.3. The minimum Gasteiger partial charge on any atom is -0.354 e. The maximum atomic E-state index is 4.88. The summed E-state index contributed by atoms with van der Waals surface area (Å²) in [7, 11) is 2.17. The van der Waals surface area contributed by atoms with Crippen LogP contribution in [-0.4, -0.2) is 53.9 Å².